The number of nitrogens with one attached hydrogen (secondary N) is 2. The summed E-state index contributed by atoms with van der Waals surface area (Å²) in [5.74, 6) is -0.598. The number of amides is 2. The van der Waals surface area contributed by atoms with Gasteiger partial charge in [-0.15, -0.1) is 0 Å². The SMILES string of the molecule is CC(CS(C)=O)NC(=O)Nc1ccccc1CC(=O)O. The number of rotatable bonds is 6. The van der Waals surface area contributed by atoms with Gasteiger partial charge in [-0.3, -0.25) is 9.00 Å². The maximum absolute atomic E-state index is 11.8. The van der Waals surface area contributed by atoms with Crippen LogP contribution in [0.3, 0.4) is 0 Å². The Labute approximate surface area is 120 Å². The van der Waals surface area contributed by atoms with Crippen molar-refractivity contribution in [3.8, 4) is 0 Å². The second-order valence-corrected chi connectivity index (χ2v) is 5.95. The molecule has 0 aliphatic rings. The number of hydrogen-bond donors (Lipinski definition) is 3. The number of anilines is 1. The summed E-state index contributed by atoms with van der Waals surface area (Å²) >= 11 is 0. The molecule has 0 saturated carbocycles. The standard InChI is InChI=1S/C13H18N2O4S/c1-9(8-20(2)19)14-13(18)15-11-6-4-3-5-10(11)7-12(16)17/h3-6,9H,7-8H2,1-2H3,(H,16,17)(H2,14,15,18). The number of carboxylic acids is 1. The van der Waals surface area contributed by atoms with Crippen molar-refractivity contribution < 1.29 is 18.9 Å². The minimum absolute atomic E-state index is 0.162. The van der Waals surface area contributed by atoms with Crippen LogP contribution in [-0.4, -0.2) is 39.4 Å². The fourth-order valence-electron chi connectivity index (χ4n) is 1.74. The highest BCUT2D eigenvalue weighted by Crippen LogP contribution is 2.15. The van der Waals surface area contributed by atoms with E-state index in [2.05, 4.69) is 10.6 Å². The Morgan fingerprint density at radius 1 is 1.35 bits per heavy atom. The van der Waals surface area contributed by atoms with Crippen molar-refractivity contribution in [3.63, 3.8) is 0 Å². The van der Waals surface area contributed by atoms with Crippen molar-refractivity contribution in [2.24, 2.45) is 0 Å². The molecule has 0 spiro atoms. The van der Waals surface area contributed by atoms with E-state index in [-0.39, 0.29) is 12.5 Å². The van der Waals surface area contributed by atoms with E-state index in [9.17, 15) is 13.8 Å². The molecule has 0 heterocycles. The van der Waals surface area contributed by atoms with Crippen molar-refractivity contribution in [1.29, 1.82) is 0 Å². The van der Waals surface area contributed by atoms with Gasteiger partial charge in [0.1, 0.15) is 0 Å². The lowest BCUT2D eigenvalue weighted by atomic mass is 10.1. The van der Waals surface area contributed by atoms with Gasteiger partial charge in [0.05, 0.1) is 6.42 Å². The smallest absolute Gasteiger partial charge is 0.319 e. The van der Waals surface area contributed by atoms with Crippen LogP contribution in [0.2, 0.25) is 0 Å². The second-order valence-electron chi connectivity index (χ2n) is 4.47. The number of carboxylic acid groups (broad SMARTS) is 1. The van der Waals surface area contributed by atoms with Gasteiger partial charge >= 0.3 is 12.0 Å². The number of urea groups is 1. The molecule has 7 heteroatoms. The third-order valence-corrected chi connectivity index (χ3v) is 3.44. The summed E-state index contributed by atoms with van der Waals surface area (Å²) in [6.07, 6.45) is 1.41. The monoisotopic (exact) mass is 298 g/mol. The van der Waals surface area contributed by atoms with Crippen molar-refractivity contribution in [2.75, 3.05) is 17.3 Å². The van der Waals surface area contributed by atoms with E-state index >= 15 is 0 Å². The third-order valence-electron chi connectivity index (χ3n) is 2.47. The lowest BCUT2D eigenvalue weighted by Gasteiger charge is -2.15. The highest BCUT2D eigenvalue weighted by molar-refractivity contribution is 7.84. The largest absolute Gasteiger partial charge is 0.481 e. The predicted octanol–water partition coefficient (Wildman–Crippen LogP) is 1.20. The summed E-state index contributed by atoms with van der Waals surface area (Å²) in [7, 11) is -0.991. The van der Waals surface area contributed by atoms with Crippen LogP contribution in [0.15, 0.2) is 24.3 Å². The average Bonchev–Trinajstić information content (AvgIpc) is 2.29. The third kappa shape index (κ3) is 5.83. The van der Waals surface area contributed by atoms with Crippen molar-refractivity contribution in [2.45, 2.75) is 19.4 Å². The minimum Gasteiger partial charge on any atom is -0.481 e. The predicted molar refractivity (Wildman–Crippen MR) is 78.3 cm³/mol. The molecule has 1 rings (SSSR count). The fraction of sp³-hybridized carbons (Fsp3) is 0.385. The maximum Gasteiger partial charge on any atom is 0.319 e. The molecule has 2 atom stereocenters. The van der Waals surface area contributed by atoms with Crippen LogP contribution in [-0.2, 0) is 22.0 Å². The summed E-state index contributed by atoms with van der Waals surface area (Å²) in [5.41, 5.74) is 0.985. The van der Waals surface area contributed by atoms with Crippen LogP contribution in [0.5, 0.6) is 0 Å². The van der Waals surface area contributed by atoms with Gasteiger partial charge in [0.25, 0.3) is 0 Å². The Bertz CT molecular complexity index is 519. The van der Waals surface area contributed by atoms with Crippen molar-refractivity contribution in [3.05, 3.63) is 29.8 Å². The van der Waals surface area contributed by atoms with E-state index in [1.807, 2.05) is 0 Å². The average molecular weight is 298 g/mol. The van der Waals surface area contributed by atoms with Crippen molar-refractivity contribution >= 4 is 28.5 Å². The van der Waals surface area contributed by atoms with Crippen LogP contribution in [0, 0.1) is 0 Å². The zero-order valence-corrected chi connectivity index (χ0v) is 12.2. The first kappa shape index (κ1) is 16.2. The van der Waals surface area contributed by atoms with Gasteiger partial charge in [0.15, 0.2) is 0 Å². The van der Waals surface area contributed by atoms with E-state index in [4.69, 9.17) is 5.11 Å². The highest BCUT2D eigenvalue weighted by atomic mass is 32.2. The Balaban J connectivity index is 2.66. The molecule has 0 bridgehead atoms. The molecular formula is C13H18N2O4S. The minimum atomic E-state index is -0.991. The molecule has 0 saturated heterocycles. The first-order chi connectivity index (χ1) is 9.38. The number of carbonyl (C=O) groups excluding carboxylic acids is 1. The highest BCUT2D eigenvalue weighted by Gasteiger charge is 2.11. The molecule has 2 amide bonds. The van der Waals surface area contributed by atoms with Crippen LogP contribution < -0.4 is 10.6 Å². The van der Waals surface area contributed by atoms with Crippen molar-refractivity contribution in [1.82, 2.24) is 5.32 Å². The Kier molecular flexibility index (Phi) is 6.17. The normalized spacial score (nSPS) is 13.3. The van der Waals surface area contributed by atoms with Gasteiger partial charge < -0.3 is 15.7 Å². The van der Waals surface area contributed by atoms with Gasteiger partial charge in [-0.2, -0.15) is 0 Å². The molecule has 6 nitrogen and oxygen atoms in total. The van der Waals surface area contributed by atoms with Crippen LogP contribution in [0.25, 0.3) is 0 Å². The maximum atomic E-state index is 11.8. The Morgan fingerprint density at radius 2 is 2.00 bits per heavy atom. The first-order valence-corrected chi connectivity index (χ1v) is 7.78. The summed E-state index contributed by atoms with van der Waals surface area (Å²) in [6, 6.07) is 6.04. The molecule has 0 aliphatic heterocycles. The van der Waals surface area contributed by atoms with E-state index in [1.54, 1.807) is 37.4 Å². The van der Waals surface area contributed by atoms with Gasteiger partial charge in [-0.1, -0.05) is 18.2 Å². The Morgan fingerprint density at radius 3 is 2.60 bits per heavy atom. The summed E-state index contributed by atoms with van der Waals surface area (Å²) < 4.78 is 11.0. The zero-order valence-electron chi connectivity index (χ0n) is 11.4. The van der Waals surface area contributed by atoms with Gasteiger partial charge in [0, 0.05) is 34.5 Å². The summed E-state index contributed by atoms with van der Waals surface area (Å²) in [6.45, 7) is 1.75. The lowest BCUT2D eigenvalue weighted by molar-refractivity contribution is -0.136. The van der Waals surface area contributed by atoms with Gasteiger partial charge in [0.2, 0.25) is 0 Å². The molecular weight excluding hydrogens is 280 g/mol. The van der Waals surface area contributed by atoms with E-state index in [1.165, 1.54) is 0 Å². The number of carbonyl (C=O) groups is 2. The molecule has 0 radical (unpaired) electrons. The lowest BCUT2D eigenvalue weighted by Crippen LogP contribution is -2.39. The Hall–Kier alpha value is -1.89. The molecule has 0 aromatic heterocycles. The number of benzene rings is 1. The fourth-order valence-corrected chi connectivity index (χ4v) is 2.52. The molecule has 110 valence electrons. The van der Waals surface area contributed by atoms with Crippen LogP contribution >= 0.6 is 0 Å². The second kappa shape index (κ2) is 7.64. The molecule has 1 aromatic rings. The van der Waals surface area contributed by atoms with Gasteiger partial charge in [-0.25, -0.2) is 4.79 Å². The molecule has 3 N–H and O–H groups in total. The number of para-hydroxylation sites is 1. The first-order valence-electron chi connectivity index (χ1n) is 6.05. The van der Waals surface area contributed by atoms with E-state index in [0.29, 0.717) is 17.0 Å². The quantitative estimate of drug-likeness (QED) is 0.735. The van der Waals surface area contributed by atoms with E-state index in [0.717, 1.165) is 0 Å². The molecule has 20 heavy (non-hydrogen) atoms. The summed E-state index contributed by atoms with van der Waals surface area (Å²) in [4.78, 5) is 22.5. The van der Waals surface area contributed by atoms with Gasteiger partial charge in [-0.05, 0) is 18.6 Å². The summed E-state index contributed by atoms with van der Waals surface area (Å²) in [5, 5.41) is 14.1. The zero-order chi connectivity index (χ0) is 15.1. The van der Waals surface area contributed by atoms with Crippen LogP contribution in [0.1, 0.15) is 12.5 Å². The molecule has 2 unspecified atom stereocenters. The van der Waals surface area contributed by atoms with Crippen LogP contribution in [0.4, 0.5) is 10.5 Å². The number of hydrogen-bond acceptors (Lipinski definition) is 3. The topological polar surface area (TPSA) is 95.5 Å². The van der Waals surface area contributed by atoms with E-state index < -0.39 is 22.8 Å². The molecule has 1 aromatic carbocycles. The molecule has 0 aliphatic carbocycles. The molecule has 0 fully saturated rings. The number of aliphatic carboxylic acids is 1.